The standard InChI is InChI=1S/C25H22ClF2N5O/c1-15-13-30-24(31-19-5-3-18(27)4-6-19)11-23(15)33-9-8-17(14-33)25(34)32-22(12-29)16-2-7-21(28)20(26)10-16/h2-11,13-14,22H,12,29H2,1H3,(H,30,31)(H,32,34). The molecule has 1 unspecified atom stereocenters. The number of hydrogen-bond donors (Lipinski definition) is 3. The number of amides is 1. The van der Waals surface area contributed by atoms with Crippen LogP contribution in [0.1, 0.15) is 27.5 Å². The molecule has 34 heavy (non-hydrogen) atoms. The van der Waals surface area contributed by atoms with Crippen molar-refractivity contribution in [3.8, 4) is 5.69 Å². The summed E-state index contributed by atoms with van der Waals surface area (Å²) >= 11 is 5.87. The van der Waals surface area contributed by atoms with E-state index in [1.807, 2.05) is 17.6 Å². The zero-order valence-electron chi connectivity index (χ0n) is 18.2. The Hall–Kier alpha value is -3.75. The molecule has 1 amide bonds. The van der Waals surface area contributed by atoms with Gasteiger partial charge in [0.15, 0.2) is 0 Å². The summed E-state index contributed by atoms with van der Waals surface area (Å²) < 4.78 is 28.4. The molecule has 4 rings (SSSR count). The molecular weight excluding hydrogens is 460 g/mol. The zero-order valence-corrected chi connectivity index (χ0v) is 19.0. The summed E-state index contributed by atoms with van der Waals surface area (Å²) in [5.74, 6) is -0.611. The quantitative estimate of drug-likeness (QED) is 0.335. The first-order valence-electron chi connectivity index (χ1n) is 10.5. The molecule has 0 radical (unpaired) electrons. The van der Waals surface area contributed by atoms with Crippen molar-refractivity contribution >= 4 is 29.0 Å². The number of benzene rings is 2. The number of anilines is 2. The highest BCUT2D eigenvalue weighted by Gasteiger charge is 2.17. The molecule has 0 saturated heterocycles. The van der Waals surface area contributed by atoms with Crippen molar-refractivity contribution < 1.29 is 13.6 Å². The molecule has 0 fully saturated rings. The summed E-state index contributed by atoms with van der Waals surface area (Å²) in [5.41, 5.74) is 9.29. The predicted molar refractivity (Wildman–Crippen MR) is 129 cm³/mol. The van der Waals surface area contributed by atoms with E-state index in [4.69, 9.17) is 17.3 Å². The lowest BCUT2D eigenvalue weighted by atomic mass is 10.1. The van der Waals surface area contributed by atoms with E-state index in [0.717, 1.165) is 11.3 Å². The van der Waals surface area contributed by atoms with E-state index in [9.17, 15) is 13.6 Å². The predicted octanol–water partition coefficient (Wildman–Crippen LogP) is 5.29. The number of nitrogens with zero attached hydrogens (tertiary/aromatic N) is 2. The fourth-order valence-electron chi connectivity index (χ4n) is 3.47. The first-order valence-corrected chi connectivity index (χ1v) is 10.9. The van der Waals surface area contributed by atoms with Gasteiger partial charge in [-0.05, 0) is 60.5 Å². The highest BCUT2D eigenvalue weighted by Crippen LogP contribution is 2.23. The third-order valence-corrected chi connectivity index (χ3v) is 5.60. The molecule has 2 aromatic heterocycles. The molecule has 0 aliphatic rings. The third-order valence-electron chi connectivity index (χ3n) is 5.31. The highest BCUT2D eigenvalue weighted by molar-refractivity contribution is 6.30. The van der Waals surface area contributed by atoms with Crippen LogP contribution in [0.15, 0.2) is 73.2 Å². The van der Waals surface area contributed by atoms with Crippen molar-refractivity contribution in [2.75, 3.05) is 11.9 Å². The monoisotopic (exact) mass is 481 g/mol. The Bertz CT molecular complexity index is 1320. The van der Waals surface area contributed by atoms with Crippen molar-refractivity contribution in [1.29, 1.82) is 0 Å². The summed E-state index contributed by atoms with van der Waals surface area (Å²) in [6.07, 6.45) is 5.18. The number of carbonyl (C=O) groups excluding carboxylic acids is 1. The molecule has 2 heterocycles. The first kappa shape index (κ1) is 23.4. The molecule has 1 atom stereocenters. The zero-order chi connectivity index (χ0) is 24.2. The van der Waals surface area contributed by atoms with E-state index in [1.165, 1.54) is 24.3 Å². The van der Waals surface area contributed by atoms with Crippen LogP contribution >= 0.6 is 11.6 Å². The molecular formula is C25H22ClF2N5O. The van der Waals surface area contributed by atoms with Crippen molar-refractivity contribution in [3.63, 3.8) is 0 Å². The van der Waals surface area contributed by atoms with Crippen LogP contribution in [0.4, 0.5) is 20.3 Å². The molecule has 4 N–H and O–H groups in total. The molecule has 9 heteroatoms. The van der Waals surface area contributed by atoms with Crippen LogP contribution in [-0.2, 0) is 0 Å². The van der Waals surface area contributed by atoms with E-state index >= 15 is 0 Å². The minimum Gasteiger partial charge on any atom is -0.344 e. The van der Waals surface area contributed by atoms with Gasteiger partial charge in [-0.2, -0.15) is 0 Å². The van der Waals surface area contributed by atoms with Crippen LogP contribution in [0.2, 0.25) is 5.02 Å². The van der Waals surface area contributed by atoms with Gasteiger partial charge in [-0.3, -0.25) is 4.79 Å². The van der Waals surface area contributed by atoms with Gasteiger partial charge >= 0.3 is 0 Å². The average Bonchev–Trinajstić information content (AvgIpc) is 3.32. The Morgan fingerprint density at radius 3 is 2.62 bits per heavy atom. The van der Waals surface area contributed by atoms with Crippen LogP contribution in [0.3, 0.4) is 0 Å². The van der Waals surface area contributed by atoms with E-state index < -0.39 is 11.9 Å². The van der Waals surface area contributed by atoms with Gasteiger partial charge in [0.2, 0.25) is 0 Å². The van der Waals surface area contributed by atoms with Gasteiger partial charge in [0, 0.05) is 36.9 Å². The Morgan fingerprint density at radius 1 is 1.15 bits per heavy atom. The van der Waals surface area contributed by atoms with Gasteiger partial charge in [-0.25, -0.2) is 13.8 Å². The van der Waals surface area contributed by atoms with Gasteiger partial charge < -0.3 is 20.9 Å². The van der Waals surface area contributed by atoms with Crippen molar-refractivity contribution in [2.45, 2.75) is 13.0 Å². The molecule has 0 bridgehead atoms. The number of carbonyl (C=O) groups is 1. The maximum absolute atomic E-state index is 13.5. The number of pyridine rings is 1. The molecule has 4 aromatic rings. The Balaban J connectivity index is 1.52. The number of nitrogens with two attached hydrogens (primary N) is 1. The van der Waals surface area contributed by atoms with E-state index in [0.29, 0.717) is 22.6 Å². The maximum Gasteiger partial charge on any atom is 0.253 e. The lowest BCUT2D eigenvalue weighted by molar-refractivity contribution is 0.0938. The highest BCUT2D eigenvalue weighted by atomic mass is 35.5. The fourth-order valence-corrected chi connectivity index (χ4v) is 3.66. The fraction of sp³-hybridized carbons (Fsp3) is 0.120. The maximum atomic E-state index is 13.5. The van der Waals surface area contributed by atoms with Crippen LogP contribution in [0.5, 0.6) is 0 Å². The summed E-state index contributed by atoms with van der Waals surface area (Å²) in [7, 11) is 0. The summed E-state index contributed by atoms with van der Waals surface area (Å²) in [6.45, 7) is 2.03. The number of nitrogens with one attached hydrogen (secondary N) is 2. The number of aromatic nitrogens is 2. The van der Waals surface area contributed by atoms with Crippen LogP contribution in [0.25, 0.3) is 5.69 Å². The van der Waals surface area contributed by atoms with Gasteiger partial charge in [0.25, 0.3) is 5.91 Å². The Labute approximate surface area is 200 Å². The largest absolute Gasteiger partial charge is 0.344 e. The minimum atomic E-state index is -0.536. The first-order chi connectivity index (χ1) is 16.3. The molecule has 2 aromatic carbocycles. The molecule has 0 saturated carbocycles. The Morgan fingerprint density at radius 2 is 1.91 bits per heavy atom. The number of aryl methyl sites for hydroxylation is 1. The molecule has 0 spiro atoms. The number of hydrogen-bond acceptors (Lipinski definition) is 4. The second-order valence-electron chi connectivity index (χ2n) is 7.73. The van der Waals surface area contributed by atoms with Crippen LogP contribution in [-0.4, -0.2) is 22.0 Å². The van der Waals surface area contributed by atoms with Crippen molar-refractivity contribution in [3.05, 3.63) is 107 Å². The third kappa shape index (κ3) is 5.24. The summed E-state index contributed by atoms with van der Waals surface area (Å²) in [5, 5.41) is 5.96. The Kier molecular flexibility index (Phi) is 6.90. The second-order valence-corrected chi connectivity index (χ2v) is 8.14. The molecule has 0 aliphatic heterocycles. The van der Waals surface area contributed by atoms with Crippen molar-refractivity contribution in [1.82, 2.24) is 14.9 Å². The molecule has 174 valence electrons. The normalized spacial score (nSPS) is 11.8. The number of halogens is 3. The van der Waals surface area contributed by atoms with Crippen LogP contribution < -0.4 is 16.4 Å². The lowest BCUT2D eigenvalue weighted by Crippen LogP contribution is -2.33. The van der Waals surface area contributed by atoms with E-state index in [1.54, 1.807) is 42.9 Å². The van der Waals surface area contributed by atoms with Crippen LogP contribution in [0, 0.1) is 18.6 Å². The topological polar surface area (TPSA) is 85.0 Å². The average molecular weight is 482 g/mol. The molecule has 6 nitrogen and oxygen atoms in total. The smallest absolute Gasteiger partial charge is 0.253 e. The second kappa shape index (κ2) is 10.0. The van der Waals surface area contributed by atoms with Gasteiger partial charge in [0.1, 0.15) is 17.5 Å². The van der Waals surface area contributed by atoms with Gasteiger partial charge in [-0.1, -0.05) is 17.7 Å². The SMILES string of the molecule is Cc1cnc(Nc2ccc(F)cc2)cc1-n1ccc(C(=O)NC(CN)c2ccc(F)c(Cl)c2)c1. The minimum absolute atomic E-state index is 0.0328. The molecule has 0 aliphatic carbocycles. The summed E-state index contributed by atoms with van der Waals surface area (Å²) in [4.78, 5) is 17.2. The number of rotatable bonds is 7. The summed E-state index contributed by atoms with van der Waals surface area (Å²) in [6, 6.07) is 13.2. The van der Waals surface area contributed by atoms with Gasteiger partial charge in [0.05, 0.1) is 22.3 Å². The van der Waals surface area contributed by atoms with E-state index in [2.05, 4.69) is 15.6 Å². The lowest BCUT2D eigenvalue weighted by Gasteiger charge is -2.17. The van der Waals surface area contributed by atoms with Crippen molar-refractivity contribution in [2.24, 2.45) is 5.73 Å². The van der Waals surface area contributed by atoms with Gasteiger partial charge in [-0.15, -0.1) is 0 Å². The van der Waals surface area contributed by atoms with E-state index in [-0.39, 0.29) is 23.3 Å².